The largest absolute Gasteiger partial charge is 0.465 e. The molecule has 1 rings (SSSR count). The lowest BCUT2D eigenvalue weighted by Crippen LogP contribution is -2.43. The third-order valence-corrected chi connectivity index (χ3v) is 2.82. The highest BCUT2D eigenvalue weighted by Crippen LogP contribution is 1.97. The zero-order valence-corrected chi connectivity index (χ0v) is 12.0. The molecule has 0 bridgehead atoms. The lowest BCUT2D eigenvalue weighted by Gasteiger charge is -2.15. The zero-order chi connectivity index (χ0) is 14.8. The third kappa shape index (κ3) is 5.84. The molecule has 110 valence electrons. The lowest BCUT2D eigenvalue weighted by atomic mass is 10.2. The van der Waals surface area contributed by atoms with Crippen LogP contribution >= 0.6 is 0 Å². The number of esters is 1. The molecule has 0 spiro atoms. The Hall–Kier alpha value is -1.88. The summed E-state index contributed by atoms with van der Waals surface area (Å²) in [7, 11) is 0. The van der Waals surface area contributed by atoms with E-state index in [1.54, 1.807) is 6.92 Å². The summed E-state index contributed by atoms with van der Waals surface area (Å²) in [4.78, 5) is 23.2. The highest BCUT2D eigenvalue weighted by Gasteiger charge is 2.17. The molecule has 0 saturated carbocycles. The van der Waals surface area contributed by atoms with Crippen molar-refractivity contribution in [1.82, 2.24) is 10.6 Å². The van der Waals surface area contributed by atoms with Gasteiger partial charge in [0.05, 0.1) is 13.2 Å². The topological polar surface area (TPSA) is 67.4 Å². The summed E-state index contributed by atoms with van der Waals surface area (Å²) in [5, 5.41) is 5.70. The first kappa shape index (κ1) is 16.2. The molecule has 1 amide bonds. The van der Waals surface area contributed by atoms with Crippen LogP contribution in [0.5, 0.6) is 0 Å². The number of benzene rings is 1. The Morgan fingerprint density at radius 2 is 1.90 bits per heavy atom. The van der Waals surface area contributed by atoms with E-state index >= 15 is 0 Å². The summed E-state index contributed by atoms with van der Waals surface area (Å²) >= 11 is 0. The Labute approximate surface area is 119 Å². The molecule has 0 aromatic heterocycles. The normalized spacial score (nSPS) is 11.7. The van der Waals surface area contributed by atoms with Crippen molar-refractivity contribution in [3.8, 4) is 0 Å². The fraction of sp³-hybridized carbons (Fsp3) is 0.467. The molecule has 0 aliphatic carbocycles. The standard InChI is InChI=1S/C15H22N2O3/c1-3-13(15(19)20-4-2)16-11-14(18)17-10-12-8-6-5-7-9-12/h5-9,13,16H,3-4,10-11H2,1-2H3,(H,17,18). The monoisotopic (exact) mass is 278 g/mol. The van der Waals surface area contributed by atoms with Crippen LogP contribution in [0.3, 0.4) is 0 Å². The second kappa shape index (κ2) is 9.09. The second-order valence-electron chi connectivity index (χ2n) is 4.36. The van der Waals surface area contributed by atoms with Crippen molar-refractivity contribution in [2.45, 2.75) is 32.9 Å². The molecule has 5 heteroatoms. The van der Waals surface area contributed by atoms with Gasteiger partial charge in [0, 0.05) is 6.54 Å². The van der Waals surface area contributed by atoms with Gasteiger partial charge in [0.15, 0.2) is 0 Å². The third-order valence-electron chi connectivity index (χ3n) is 2.82. The Kier molecular flexibility index (Phi) is 7.35. The van der Waals surface area contributed by atoms with Gasteiger partial charge in [0.25, 0.3) is 0 Å². The average Bonchev–Trinajstić information content (AvgIpc) is 2.47. The van der Waals surface area contributed by atoms with Gasteiger partial charge < -0.3 is 10.1 Å². The minimum atomic E-state index is -0.433. The molecule has 0 fully saturated rings. The van der Waals surface area contributed by atoms with Crippen molar-refractivity contribution in [3.05, 3.63) is 35.9 Å². The van der Waals surface area contributed by atoms with Crippen LogP contribution in [-0.2, 0) is 20.9 Å². The van der Waals surface area contributed by atoms with Crippen LogP contribution in [0.25, 0.3) is 0 Å². The second-order valence-corrected chi connectivity index (χ2v) is 4.36. The predicted octanol–water partition coefficient (Wildman–Crippen LogP) is 1.23. The first-order valence-corrected chi connectivity index (χ1v) is 6.88. The van der Waals surface area contributed by atoms with E-state index in [1.807, 2.05) is 37.3 Å². The molecule has 0 heterocycles. The summed E-state index contributed by atoms with van der Waals surface area (Å²) < 4.78 is 4.92. The Morgan fingerprint density at radius 1 is 1.20 bits per heavy atom. The van der Waals surface area contributed by atoms with E-state index in [1.165, 1.54) is 0 Å². The molecular formula is C15H22N2O3. The number of hydrogen-bond acceptors (Lipinski definition) is 4. The predicted molar refractivity (Wildman–Crippen MR) is 77.0 cm³/mol. The van der Waals surface area contributed by atoms with E-state index in [2.05, 4.69) is 10.6 Å². The number of rotatable bonds is 8. The minimum Gasteiger partial charge on any atom is -0.465 e. The van der Waals surface area contributed by atoms with Gasteiger partial charge in [-0.2, -0.15) is 0 Å². The van der Waals surface area contributed by atoms with Gasteiger partial charge in [-0.3, -0.25) is 14.9 Å². The fourth-order valence-electron chi connectivity index (χ4n) is 1.71. The van der Waals surface area contributed by atoms with Gasteiger partial charge >= 0.3 is 5.97 Å². The van der Waals surface area contributed by atoms with Gasteiger partial charge in [0.1, 0.15) is 6.04 Å². The molecule has 1 aromatic carbocycles. The SMILES string of the molecule is CCOC(=O)C(CC)NCC(=O)NCc1ccccc1. The molecule has 20 heavy (non-hydrogen) atoms. The van der Waals surface area contributed by atoms with Gasteiger partial charge in [-0.05, 0) is 18.9 Å². The summed E-state index contributed by atoms with van der Waals surface area (Å²) in [6.45, 7) is 4.56. The number of nitrogens with one attached hydrogen (secondary N) is 2. The Morgan fingerprint density at radius 3 is 2.50 bits per heavy atom. The smallest absolute Gasteiger partial charge is 0.323 e. The number of ether oxygens (including phenoxy) is 1. The van der Waals surface area contributed by atoms with Crippen LogP contribution in [0.1, 0.15) is 25.8 Å². The fourth-order valence-corrected chi connectivity index (χ4v) is 1.71. The molecule has 1 atom stereocenters. The summed E-state index contributed by atoms with van der Waals surface area (Å²) in [6.07, 6.45) is 0.588. The van der Waals surface area contributed by atoms with Crippen LogP contribution in [0, 0.1) is 0 Å². The van der Waals surface area contributed by atoms with Crippen LogP contribution in [-0.4, -0.2) is 31.1 Å². The highest BCUT2D eigenvalue weighted by molar-refractivity contribution is 5.80. The van der Waals surface area contributed by atoms with Gasteiger partial charge in [-0.15, -0.1) is 0 Å². The van der Waals surface area contributed by atoms with E-state index < -0.39 is 6.04 Å². The molecule has 2 N–H and O–H groups in total. The van der Waals surface area contributed by atoms with E-state index in [-0.39, 0.29) is 18.4 Å². The number of hydrogen-bond donors (Lipinski definition) is 2. The molecule has 5 nitrogen and oxygen atoms in total. The number of amides is 1. The molecule has 0 aliphatic rings. The van der Waals surface area contributed by atoms with Crippen LogP contribution in [0.4, 0.5) is 0 Å². The first-order chi connectivity index (χ1) is 9.67. The van der Waals surface area contributed by atoms with Crippen molar-refractivity contribution < 1.29 is 14.3 Å². The average molecular weight is 278 g/mol. The lowest BCUT2D eigenvalue weighted by molar-refractivity contribution is -0.145. The van der Waals surface area contributed by atoms with E-state index in [9.17, 15) is 9.59 Å². The molecule has 0 aliphatic heterocycles. The van der Waals surface area contributed by atoms with E-state index in [0.29, 0.717) is 19.6 Å². The van der Waals surface area contributed by atoms with Crippen LogP contribution in [0.15, 0.2) is 30.3 Å². The van der Waals surface area contributed by atoms with Crippen LogP contribution < -0.4 is 10.6 Å². The molecule has 0 radical (unpaired) electrons. The maximum atomic E-state index is 11.7. The highest BCUT2D eigenvalue weighted by atomic mass is 16.5. The molecule has 0 saturated heterocycles. The first-order valence-electron chi connectivity index (χ1n) is 6.88. The van der Waals surface area contributed by atoms with E-state index in [4.69, 9.17) is 4.74 Å². The van der Waals surface area contributed by atoms with Crippen LogP contribution in [0.2, 0.25) is 0 Å². The minimum absolute atomic E-state index is 0.101. The van der Waals surface area contributed by atoms with Crippen molar-refractivity contribution in [2.24, 2.45) is 0 Å². The van der Waals surface area contributed by atoms with Gasteiger partial charge in [-0.1, -0.05) is 37.3 Å². The Bertz CT molecular complexity index is 420. The molecule has 1 aromatic rings. The summed E-state index contributed by atoms with van der Waals surface area (Å²) in [5.41, 5.74) is 1.04. The van der Waals surface area contributed by atoms with Crippen molar-refractivity contribution >= 4 is 11.9 Å². The molecular weight excluding hydrogens is 256 g/mol. The van der Waals surface area contributed by atoms with Gasteiger partial charge in [0.2, 0.25) is 5.91 Å². The quantitative estimate of drug-likeness (QED) is 0.702. The summed E-state index contributed by atoms with van der Waals surface area (Å²) in [5.74, 6) is -0.456. The maximum absolute atomic E-state index is 11.7. The van der Waals surface area contributed by atoms with Gasteiger partial charge in [-0.25, -0.2) is 0 Å². The van der Waals surface area contributed by atoms with Crippen molar-refractivity contribution in [1.29, 1.82) is 0 Å². The Balaban J connectivity index is 2.29. The number of carbonyl (C=O) groups is 2. The zero-order valence-electron chi connectivity index (χ0n) is 12.0. The van der Waals surface area contributed by atoms with Crippen molar-refractivity contribution in [3.63, 3.8) is 0 Å². The number of carbonyl (C=O) groups excluding carboxylic acids is 2. The maximum Gasteiger partial charge on any atom is 0.323 e. The van der Waals surface area contributed by atoms with Crippen molar-refractivity contribution in [2.75, 3.05) is 13.2 Å². The molecule has 1 unspecified atom stereocenters. The summed E-state index contributed by atoms with van der Waals surface area (Å²) in [6, 6.07) is 9.24. The van der Waals surface area contributed by atoms with E-state index in [0.717, 1.165) is 5.56 Å².